The Labute approximate surface area is 172 Å². The summed E-state index contributed by atoms with van der Waals surface area (Å²) in [6.07, 6.45) is 3.93. The molecule has 2 aromatic carbocycles. The topological polar surface area (TPSA) is 81.7 Å². The van der Waals surface area contributed by atoms with Gasteiger partial charge in [-0.1, -0.05) is 75.9 Å². The van der Waals surface area contributed by atoms with Gasteiger partial charge in [-0.15, -0.1) is 0 Å². The molecular formula is C23H31N3O3. The molecular weight excluding hydrogens is 366 g/mol. The fourth-order valence-electron chi connectivity index (χ4n) is 3.01. The number of hydrazine groups is 1. The van der Waals surface area contributed by atoms with E-state index in [2.05, 4.69) is 10.7 Å². The molecule has 3 amide bonds. The standard InChI is InChI=1S/C23H31N3O3/c1-3-5-17-23(29,18-6-4-2)21(27)25-26(20-15-11-8-12-16-20)22(28)24-19-13-9-7-10-14-19/h7-16,29H,3-6,17-18H2,1-2H3,(H,24,28)(H,25,27). The van der Waals surface area contributed by atoms with Crippen molar-refractivity contribution < 1.29 is 14.7 Å². The summed E-state index contributed by atoms with van der Waals surface area (Å²) in [6.45, 7) is 4.03. The zero-order valence-electron chi connectivity index (χ0n) is 17.2. The van der Waals surface area contributed by atoms with Crippen LogP contribution < -0.4 is 15.8 Å². The van der Waals surface area contributed by atoms with Crippen LogP contribution in [0.3, 0.4) is 0 Å². The molecule has 0 saturated carbocycles. The minimum atomic E-state index is -1.51. The molecule has 3 N–H and O–H groups in total. The molecule has 0 aliphatic carbocycles. The normalized spacial score (nSPS) is 11.0. The molecule has 0 radical (unpaired) electrons. The number of carbonyl (C=O) groups is 2. The molecule has 0 saturated heterocycles. The molecule has 0 atom stereocenters. The van der Waals surface area contributed by atoms with E-state index < -0.39 is 17.5 Å². The van der Waals surface area contributed by atoms with E-state index in [4.69, 9.17) is 0 Å². The van der Waals surface area contributed by atoms with Crippen LogP contribution in [0.25, 0.3) is 0 Å². The fourth-order valence-corrected chi connectivity index (χ4v) is 3.01. The third kappa shape index (κ3) is 6.61. The Bertz CT molecular complexity index is 757. The first-order chi connectivity index (χ1) is 14.0. The Kier molecular flexibility index (Phi) is 8.68. The van der Waals surface area contributed by atoms with Crippen molar-refractivity contribution in [2.75, 3.05) is 10.3 Å². The number of urea groups is 1. The molecule has 0 heterocycles. The van der Waals surface area contributed by atoms with Gasteiger partial charge in [0.15, 0.2) is 0 Å². The predicted octanol–water partition coefficient (Wildman–Crippen LogP) is 4.87. The lowest BCUT2D eigenvalue weighted by atomic mass is 9.90. The van der Waals surface area contributed by atoms with Gasteiger partial charge in [-0.3, -0.25) is 10.2 Å². The van der Waals surface area contributed by atoms with Crippen LogP contribution in [-0.2, 0) is 4.79 Å². The monoisotopic (exact) mass is 397 g/mol. The van der Waals surface area contributed by atoms with Crippen molar-refractivity contribution in [1.82, 2.24) is 5.43 Å². The molecule has 0 aromatic heterocycles. The van der Waals surface area contributed by atoms with E-state index in [9.17, 15) is 14.7 Å². The number of rotatable bonds is 9. The van der Waals surface area contributed by atoms with Gasteiger partial charge in [-0.05, 0) is 37.1 Å². The highest BCUT2D eigenvalue weighted by Gasteiger charge is 2.36. The number of carbonyl (C=O) groups excluding carboxylic acids is 2. The first-order valence-electron chi connectivity index (χ1n) is 10.2. The lowest BCUT2D eigenvalue weighted by Gasteiger charge is -2.31. The summed E-state index contributed by atoms with van der Waals surface area (Å²) in [7, 11) is 0. The van der Waals surface area contributed by atoms with Gasteiger partial charge in [-0.25, -0.2) is 9.80 Å². The predicted molar refractivity (Wildman–Crippen MR) is 117 cm³/mol. The summed E-state index contributed by atoms with van der Waals surface area (Å²) in [6, 6.07) is 17.3. The number of benzene rings is 2. The number of amides is 3. The maximum absolute atomic E-state index is 13.0. The minimum Gasteiger partial charge on any atom is -0.380 e. The van der Waals surface area contributed by atoms with Crippen molar-refractivity contribution in [3.8, 4) is 0 Å². The molecule has 0 aliphatic rings. The Morgan fingerprint density at radius 2 is 1.41 bits per heavy atom. The summed E-state index contributed by atoms with van der Waals surface area (Å²) in [5.74, 6) is -0.563. The average Bonchev–Trinajstić information content (AvgIpc) is 2.75. The highest BCUT2D eigenvalue weighted by Crippen LogP contribution is 2.23. The van der Waals surface area contributed by atoms with Crippen molar-refractivity contribution in [3.63, 3.8) is 0 Å². The number of nitrogens with one attached hydrogen (secondary N) is 2. The number of hydrogen-bond acceptors (Lipinski definition) is 3. The Morgan fingerprint density at radius 1 is 0.897 bits per heavy atom. The van der Waals surface area contributed by atoms with Gasteiger partial charge >= 0.3 is 6.03 Å². The Morgan fingerprint density at radius 3 is 1.93 bits per heavy atom. The van der Waals surface area contributed by atoms with Gasteiger partial charge in [0.1, 0.15) is 5.60 Å². The average molecular weight is 398 g/mol. The maximum atomic E-state index is 13.0. The van der Waals surface area contributed by atoms with E-state index >= 15 is 0 Å². The van der Waals surface area contributed by atoms with Crippen LogP contribution in [0.1, 0.15) is 52.4 Å². The largest absolute Gasteiger partial charge is 0.380 e. The lowest BCUT2D eigenvalue weighted by molar-refractivity contribution is -0.141. The van der Waals surface area contributed by atoms with E-state index in [0.29, 0.717) is 24.2 Å². The first kappa shape index (κ1) is 22.4. The van der Waals surface area contributed by atoms with Crippen LogP contribution in [0.5, 0.6) is 0 Å². The smallest absolute Gasteiger partial charge is 0.345 e. The number of unbranched alkanes of at least 4 members (excludes halogenated alkanes) is 2. The molecule has 6 heteroatoms. The van der Waals surface area contributed by atoms with Crippen LogP contribution in [0.15, 0.2) is 60.7 Å². The van der Waals surface area contributed by atoms with Crippen LogP contribution in [0, 0.1) is 0 Å². The van der Waals surface area contributed by atoms with Gasteiger partial charge in [0, 0.05) is 5.69 Å². The molecule has 29 heavy (non-hydrogen) atoms. The van der Waals surface area contributed by atoms with Gasteiger partial charge in [0.2, 0.25) is 0 Å². The Hall–Kier alpha value is -2.86. The van der Waals surface area contributed by atoms with Gasteiger partial charge < -0.3 is 10.4 Å². The second-order valence-electron chi connectivity index (χ2n) is 7.15. The minimum absolute atomic E-state index is 0.359. The SMILES string of the molecule is CCCCC(O)(CCCC)C(=O)NN(C(=O)Nc1ccccc1)c1ccccc1. The van der Waals surface area contributed by atoms with Gasteiger partial charge in [0.25, 0.3) is 5.91 Å². The molecule has 0 spiro atoms. The molecule has 0 unspecified atom stereocenters. The van der Waals surface area contributed by atoms with E-state index in [1.54, 1.807) is 36.4 Å². The number of aliphatic hydroxyl groups is 1. The summed E-state index contributed by atoms with van der Waals surface area (Å²) >= 11 is 0. The van der Waals surface area contributed by atoms with Crippen LogP contribution in [-0.4, -0.2) is 22.6 Å². The molecule has 0 aliphatic heterocycles. The third-order valence-corrected chi connectivity index (χ3v) is 4.77. The Balaban J connectivity index is 2.23. The van der Waals surface area contributed by atoms with E-state index in [0.717, 1.165) is 30.7 Å². The zero-order valence-corrected chi connectivity index (χ0v) is 17.2. The zero-order chi connectivity index (χ0) is 21.1. The maximum Gasteiger partial charge on any atom is 0.345 e. The summed E-state index contributed by atoms with van der Waals surface area (Å²) < 4.78 is 0. The highest BCUT2D eigenvalue weighted by atomic mass is 16.3. The second kappa shape index (κ2) is 11.2. The van der Waals surface area contributed by atoms with Crippen LogP contribution in [0.4, 0.5) is 16.2 Å². The van der Waals surface area contributed by atoms with E-state index in [-0.39, 0.29) is 0 Å². The van der Waals surface area contributed by atoms with Crippen molar-refractivity contribution in [3.05, 3.63) is 60.7 Å². The molecule has 0 bridgehead atoms. The summed E-state index contributed by atoms with van der Waals surface area (Å²) in [5, 5.41) is 15.0. The van der Waals surface area contributed by atoms with Crippen molar-refractivity contribution in [2.45, 2.75) is 58.0 Å². The quantitative estimate of drug-likeness (QED) is 0.528. The third-order valence-electron chi connectivity index (χ3n) is 4.77. The van der Waals surface area contributed by atoms with Gasteiger partial charge in [0.05, 0.1) is 5.69 Å². The number of hydrogen-bond donors (Lipinski definition) is 3. The lowest BCUT2D eigenvalue weighted by Crippen LogP contribution is -2.56. The molecule has 2 aromatic rings. The van der Waals surface area contributed by atoms with Gasteiger partial charge in [-0.2, -0.15) is 0 Å². The molecule has 2 rings (SSSR count). The number of anilines is 2. The summed E-state index contributed by atoms with van der Waals surface area (Å²) in [4.78, 5) is 26.0. The van der Waals surface area contributed by atoms with E-state index in [1.807, 2.05) is 38.1 Å². The van der Waals surface area contributed by atoms with Crippen LogP contribution >= 0.6 is 0 Å². The van der Waals surface area contributed by atoms with Crippen molar-refractivity contribution in [2.24, 2.45) is 0 Å². The summed E-state index contributed by atoms with van der Waals surface area (Å²) in [5.41, 5.74) is 2.25. The second-order valence-corrected chi connectivity index (χ2v) is 7.15. The van der Waals surface area contributed by atoms with Crippen molar-refractivity contribution >= 4 is 23.3 Å². The molecule has 6 nitrogen and oxygen atoms in total. The molecule has 156 valence electrons. The molecule has 0 fully saturated rings. The van der Waals surface area contributed by atoms with Crippen LogP contribution in [0.2, 0.25) is 0 Å². The highest BCUT2D eigenvalue weighted by molar-refractivity contribution is 6.04. The first-order valence-corrected chi connectivity index (χ1v) is 10.2. The van der Waals surface area contributed by atoms with E-state index in [1.165, 1.54) is 0 Å². The number of nitrogens with zero attached hydrogens (tertiary/aromatic N) is 1. The fraction of sp³-hybridized carbons (Fsp3) is 0.391. The van der Waals surface area contributed by atoms with Crippen molar-refractivity contribution in [1.29, 1.82) is 0 Å². The number of para-hydroxylation sites is 2.